The Morgan fingerprint density at radius 2 is 1.70 bits per heavy atom. The quantitative estimate of drug-likeness (QED) is 0.0924. The van der Waals surface area contributed by atoms with Crippen LogP contribution in [0, 0.1) is 47.3 Å². The van der Waals surface area contributed by atoms with Gasteiger partial charge in [0.05, 0.1) is 30.3 Å². The predicted octanol–water partition coefficient (Wildman–Crippen LogP) is 5.85. The molecule has 0 spiro atoms. The third-order valence-electron chi connectivity index (χ3n) is 12.6. The van der Waals surface area contributed by atoms with Gasteiger partial charge in [-0.3, -0.25) is 9.59 Å². The molecule has 0 radical (unpaired) electrons. The van der Waals surface area contributed by atoms with E-state index in [1.807, 2.05) is 52.8 Å². The van der Waals surface area contributed by atoms with Crippen molar-refractivity contribution < 1.29 is 49.0 Å². The van der Waals surface area contributed by atoms with Crippen LogP contribution in [-0.4, -0.2) is 81.1 Å². The Morgan fingerprint density at radius 1 is 1.00 bits per heavy atom. The molecule has 5 aliphatic rings. The van der Waals surface area contributed by atoms with Crippen LogP contribution in [0.25, 0.3) is 0 Å². The molecule has 14 atom stereocenters. The first-order valence-corrected chi connectivity index (χ1v) is 19.9. The molecule has 0 aromatic heterocycles. The van der Waals surface area contributed by atoms with Crippen LogP contribution in [0.15, 0.2) is 69.9 Å². The Bertz CT molecular complexity index is 1630. The van der Waals surface area contributed by atoms with Gasteiger partial charge < -0.3 is 34.6 Å². The van der Waals surface area contributed by atoms with Crippen LogP contribution in [0.5, 0.6) is 0 Å². The Kier molecular flexibility index (Phi) is 13.6. The summed E-state index contributed by atoms with van der Waals surface area (Å²) in [5.74, 6) is -3.85. The van der Waals surface area contributed by atoms with Crippen molar-refractivity contribution in [3.8, 4) is 0 Å². The van der Waals surface area contributed by atoms with Crippen molar-refractivity contribution in [1.82, 2.24) is 0 Å². The topological polar surface area (TPSA) is 160 Å². The molecule has 10 heteroatoms. The molecular formula is C44H62O10. The number of cyclic esters (lactones) is 2. The summed E-state index contributed by atoms with van der Waals surface area (Å²) in [6.07, 6.45) is 8.46. The fourth-order valence-electron chi connectivity index (χ4n) is 9.35. The van der Waals surface area contributed by atoms with Crippen molar-refractivity contribution in [2.24, 2.45) is 47.3 Å². The van der Waals surface area contributed by atoms with Crippen LogP contribution in [0.1, 0.15) is 94.4 Å². The lowest BCUT2D eigenvalue weighted by Crippen LogP contribution is -2.57. The Morgan fingerprint density at radius 3 is 2.39 bits per heavy atom. The van der Waals surface area contributed by atoms with Gasteiger partial charge in [-0.2, -0.15) is 0 Å². The Hall–Kier alpha value is -2.99. The maximum atomic E-state index is 14.4. The number of carbonyl (C=O) groups is 3. The SMILES string of the molecule is CC1=CC2C(CCC(C)C2O[C@H]2O[C@H](C)[C@@H](O)C(=O)[C@H]2O)C2C(=O)OC(=O)/C(C)=C3/CC(O)C(C)/C3=C/2C1/C=C/C=C/C=C(\C)CC(C)CC(O)C(C)C. The number of fused-ring (bicyclic) bond motifs is 4. The summed E-state index contributed by atoms with van der Waals surface area (Å²) in [5.41, 5.74) is 4.89. The number of allylic oxidation sites excluding steroid dienone is 7. The summed E-state index contributed by atoms with van der Waals surface area (Å²) < 4.78 is 18.0. The maximum absolute atomic E-state index is 14.4. The van der Waals surface area contributed by atoms with Crippen molar-refractivity contribution in [3.05, 3.63) is 69.9 Å². The number of hydrogen-bond acceptors (Lipinski definition) is 10. The van der Waals surface area contributed by atoms with Gasteiger partial charge in [-0.25, -0.2) is 4.79 Å². The monoisotopic (exact) mass is 750 g/mol. The molecule has 10 unspecified atom stereocenters. The average Bonchev–Trinajstić information content (AvgIpc) is 3.33. The summed E-state index contributed by atoms with van der Waals surface area (Å²) in [4.78, 5) is 40.4. The number of rotatable bonds is 10. The van der Waals surface area contributed by atoms with Crippen LogP contribution in [0.3, 0.4) is 0 Å². The zero-order valence-corrected chi connectivity index (χ0v) is 33.4. The van der Waals surface area contributed by atoms with Crippen molar-refractivity contribution >= 4 is 17.7 Å². The Labute approximate surface area is 320 Å². The lowest BCUT2D eigenvalue weighted by Gasteiger charge is -2.45. The maximum Gasteiger partial charge on any atom is 0.341 e. The van der Waals surface area contributed by atoms with Gasteiger partial charge in [-0.1, -0.05) is 82.2 Å². The molecule has 3 aliphatic carbocycles. The highest BCUT2D eigenvalue weighted by Crippen LogP contribution is 2.54. The van der Waals surface area contributed by atoms with Gasteiger partial charge in [0.15, 0.2) is 18.2 Å². The van der Waals surface area contributed by atoms with Gasteiger partial charge in [0.1, 0.15) is 6.10 Å². The normalized spacial score (nSPS) is 40.5. The summed E-state index contributed by atoms with van der Waals surface area (Å²) >= 11 is 0. The van der Waals surface area contributed by atoms with Gasteiger partial charge >= 0.3 is 11.9 Å². The minimum absolute atomic E-state index is 0.0444. The molecule has 4 N–H and O–H groups in total. The second kappa shape index (κ2) is 17.4. The second-order valence-corrected chi connectivity index (χ2v) is 17.1. The number of hydrogen-bond donors (Lipinski definition) is 4. The zero-order chi connectivity index (χ0) is 39.8. The van der Waals surface area contributed by atoms with Gasteiger partial charge in [-0.05, 0) is 100 Å². The summed E-state index contributed by atoms with van der Waals surface area (Å²) in [7, 11) is 0. The third-order valence-corrected chi connectivity index (χ3v) is 12.6. The molecule has 10 nitrogen and oxygen atoms in total. The molecule has 2 aliphatic heterocycles. The van der Waals surface area contributed by atoms with E-state index in [2.05, 4.69) is 32.1 Å². The van der Waals surface area contributed by atoms with Crippen LogP contribution in [-0.2, 0) is 28.6 Å². The first-order chi connectivity index (χ1) is 25.4. The first kappa shape index (κ1) is 42.2. The minimum Gasteiger partial charge on any atom is -0.393 e. The number of ether oxygens (including phenoxy) is 3. The molecular weight excluding hydrogens is 688 g/mol. The highest BCUT2D eigenvalue weighted by molar-refractivity contribution is 5.99. The van der Waals surface area contributed by atoms with E-state index in [1.165, 1.54) is 5.57 Å². The van der Waals surface area contributed by atoms with Crippen molar-refractivity contribution in [2.45, 2.75) is 137 Å². The standard InChI is InChI=1S/C44H62O10/c1-21(2)33(45)18-23(4)17-22(3)13-11-10-12-14-29-25(6)19-32-30(16-15-24(5)41(32)53-44-40(49)39(48)38(47)28(9)52-44)37-36(29)35-27(8)34(46)20-31(35)26(7)42(50)54-43(37)51/h10-14,19,21,23-24,27-30,32-34,37-38,40-41,44-47,49H,15-18,20H2,1-9H3/b11-10+,14-12+,22-13+,31-26-,36-35-/t23?,24?,27?,28-,29?,30?,32?,33?,34?,37?,38-,40-,41?,44-/m1/s1. The molecule has 2 saturated carbocycles. The van der Waals surface area contributed by atoms with Gasteiger partial charge in [0, 0.05) is 23.3 Å². The third kappa shape index (κ3) is 8.69. The smallest absolute Gasteiger partial charge is 0.341 e. The summed E-state index contributed by atoms with van der Waals surface area (Å²) in [5, 5.41) is 42.6. The zero-order valence-electron chi connectivity index (χ0n) is 33.4. The molecule has 54 heavy (non-hydrogen) atoms. The molecule has 3 fully saturated rings. The average molecular weight is 751 g/mol. The van der Waals surface area contributed by atoms with Crippen molar-refractivity contribution in [2.75, 3.05) is 0 Å². The van der Waals surface area contributed by atoms with Crippen molar-refractivity contribution in [3.63, 3.8) is 0 Å². The van der Waals surface area contributed by atoms with Crippen LogP contribution < -0.4 is 0 Å². The molecule has 0 aromatic carbocycles. The molecule has 0 bridgehead atoms. The van der Waals surface area contributed by atoms with E-state index in [9.17, 15) is 34.8 Å². The number of ketones is 1. The van der Waals surface area contributed by atoms with E-state index in [-0.39, 0.29) is 48.0 Å². The molecule has 1 saturated heterocycles. The predicted molar refractivity (Wildman–Crippen MR) is 204 cm³/mol. The van der Waals surface area contributed by atoms with E-state index in [4.69, 9.17) is 14.2 Å². The second-order valence-electron chi connectivity index (χ2n) is 17.1. The van der Waals surface area contributed by atoms with Crippen LogP contribution in [0.4, 0.5) is 0 Å². The highest BCUT2D eigenvalue weighted by atomic mass is 16.7. The number of aliphatic hydroxyl groups excluding tert-OH is 4. The molecule has 5 rings (SSSR count). The number of carbonyl (C=O) groups excluding carboxylic acids is 3. The summed E-state index contributed by atoms with van der Waals surface area (Å²) in [6.45, 7) is 17.5. The number of aliphatic hydroxyl groups is 4. The fraction of sp³-hybridized carbons (Fsp3) is 0.659. The van der Waals surface area contributed by atoms with Crippen LogP contribution in [0.2, 0.25) is 0 Å². The first-order valence-electron chi connectivity index (χ1n) is 19.9. The van der Waals surface area contributed by atoms with E-state index >= 15 is 0 Å². The van der Waals surface area contributed by atoms with Gasteiger partial charge in [0.2, 0.25) is 0 Å². The lowest BCUT2D eigenvalue weighted by molar-refractivity contribution is -0.274. The van der Waals surface area contributed by atoms with E-state index < -0.39 is 60.4 Å². The van der Waals surface area contributed by atoms with Gasteiger partial charge in [-0.15, -0.1) is 0 Å². The lowest BCUT2D eigenvalue weighted by atomic mass is 9.65. The van der Waals surface area contributed by atoms with E-state index in [0.29, 0.717) is 24.3 Å². The number of Topliss-reactive ketones (excluding diaryl/α,β-unsaturated/α-hetero) is 1. The largest absolute Gasteiger partial charge is 0.393 e. The van der Waals surface area contributed by atoms with Gasteiger partial charge in [0.25, 0.3) is 0 Å². The summed E-state index contributed by atoms with van der Waals surface area (Å²) in [6, 6.07) is 0. The molecule has 298 valence electrons. The van der Waals surface area contributed by atoms with E-state index in [0.717, 1.165) is 35.1 Å². The van der Waals surface area contributed by atoms with E-state index in [1.54, 1.807) is 13.8 Å². The fourth-order valence-corrected chi connectivity index (χ4v) is 9.35. The van der Waals surface area contributed by atoms with Crippen LogP contribution >= 0.6 is 0 Å². The molecule has 0 amide bonds. The highest BCUT2D eigenvalue weighted by Gasteiger charge is 2.53. The molecule has 0 aromatic rings. The minimum atomic E-state index is -1.67. The Balaban J connectivity index is 1.56. The number of esters is 2. The molecule has 2 heterocycles. The van der Waals surface area contributed by atoms with Crippen molar-refractivity contribution in [1.29, 1.82) is 0 Å².